The Kier molecular flexibility index (Phi) is 5.54. The van der Waals surface area contributed by atoms with Gasteiger partial charge >= 0.3 is 0 Å². The second-order valence-electron chi connectivity index (χ2n) is 5.41. The number of benzene rings is 1. The maximum atomic E-state index is 12.2. The monoisotopic (exact) mass is 336 g/mol. The minimum atomic E-state index is -3.64. The number of aryl methyl sites for hydroxylation is 1. The fourth-order valence-electron chi connectivity index (χ4n) is 2.09. The van der Waals surface area contributed by atoms with Crippen LogP contribution in [0.5, 0.6) is 0 Å². The van der Waals surface area contributed by atoms with Gasteiger partial charge in [0.05, 0.1) is 5.69 Å². The van der Waals surface area contributed by atoms with E-state index in [2.05, 4.69) is 10.5 Å². The van der Waals surface area contributed by atoms with Crippen molar-refractivity contribution in [2.24, 2.45) is 0 Å². The van der Waals surface area contributed by atoms with Crippen molar-refractivity contribution in [3.8, 4) is 0 Å². The number of nitrogens with one attached hydrogen (secondary N) is 1. The highest BCUT2D eigenvalue weighted by atomic mass is 32.2. The molecule has 124 valence electrons. The summed E-state index contributed by atoms with van der Waals surface area (Å²) in [7, 11) is -3.64. The van der Waals surface area contributed by atoms with Crippen LogP contribution < -0.4 is 5.32 Å². The van der Waals surface area contributed by atoms with Gasteiger partial charge in [0.15, 0.2) is 15.6 Å². The molecule has 1 heterocycles. The molecule has 23 heavy (non-hydrogen) atoms. The number of sulfone groups is 1. The van der Waals surface area contributed by atoms with Crippen molar-refractivity contribution in [1.82, 2.24) is 10.5 Å². The number of carbonyl (C=O) groups is 1. The van der Waals surface area contributed by atoms with Crippen LogP contribution in [0.3, 0.4) is 0 Å². The van der Waals surface area contributed by atoms with Crippen LogP contribution in [0.4, 0.5) is 0 Å². The summed E-state index contributed by atoms with van der Waals surface area (Å²) in [5.74, 6) is -0.593. The van der Waals surface area contributed by atoms with Crippen LogP contribution in [0.1, 0.15) is 23.9 Å². The fourth-order valence-corrected chi connectivity index (χ4v) is 3.28. The largest absolute Gasteiger partial charge is 0.360 e. The minimum Gasteiger partial charge on any atom is -0.360 e. The van der Waals surface area contributed by atoms with Gasteiger partial charge in [0, 0.05) is 12.6 Å². The summed E-state index contributed by atoms with van der Waals surface area (Å²) in [4.78, 5) is 12.0. The van der Waals surface area contributed by atoms with Crippen LogP contribution in [0.25, 0.3) is 0 Å². The highest BCUT2D eigenvalue weighted by Crippen LogP contribution is 2.12. The summed E-state index contributed by atoms with van der Waals surface area (Å²) in [6.45, 7) is 3.49. The van der Waals surface area contributed by atoms with Gasteiger partial charge in [-0.15, -0.1) is 0 Å². The van der Waals surface area contributed by atoms with E-state index in [9.17, 15) is 13.2 Å². The van der Waals surface area contributed by atoms with E-state index >= 15 is 0 Å². The van der Waals surface area contributed by atoms with Crippen molar-refractivity contribution in [2.45, 2.75) is 31.3 Å². The molecular weight excluding hydrogens is 316 g/mol. The lowest BCUT2D eigenvalue weighted by molar-refractivity contribution is -0.120. The van der Waals surface area contributed by atoms with Gasteiger partial charge in [0.1, 0.15) is 11.0 Å². The smallest absolute Gasteiger partial charge is 0.238 e. The number of aromatic nitrogens is 1. The third kappa shape index (κ3) is 4.92. The maximum absolute atomic E-state index is 12.2. The quantitative estimate of drug-likeness (QED) is 0.830. The number of hydrogen-bond donors (Lipinski definition) is 1. The number of rotatable bonds is 7. The Labute approximate surface area is 135 Å². The molecule has 0 saturated heterocycles. The highest BCUT2D eigenvalue weighted by molar-refractivity contribution is 7.92. The van der Waals surface area contributed by atoms with Crippen molar-refractivity contribution in [1.29, 1.82) is 0 Å². The lowest BCUT2D eigenvalue weighted by Gasteiger charge is -2.12. The van der Waals surface area contributed by atoms with E-state index in [1.807, 2.05) is 30.3 Å². The van der Waals surface area contributed by atoms with Gasteiger partial charge in [-0.05, 0) is 25.8 Å². The van der Waals surface area contributed by atoms with E-state index in [-0.39, 0.29) is 11.5 Å². The summed E-state index contributed by atoms with van der Waals surface area (Å²) >= 11 is 0. The molecule has 2 aromatic rings. The highest BCUT2D eigenvalue weighted by Gasteiger charge is 2.29. The SMILES string of the molecule is Cc1cc(CS(=O)(=O)C(C)C(=O)NCCc2ccccc2)on1. The first kappa shape index (κ1) is 17.2. The van der Waals surface area contributed by atoms with Crippen molar-refractivity contribution < 1.29 is 17.7 Å². The molecule has 0 aliphatic rings. The number of carbonyl (C=O) groups excluding carboxylic acids is 1. The predicted octanol–water partition coefficient (Wildman–Crippen LogP) is 1.65. The average molecular weight is 336 g/mol. The topological polar surface area (TPSA) is 89.3 Å². The summed E-state index contributed by atoms with van der Waals surface area (Å²) in [6.07, 6.45) is 0.653. The standard InChI is InChI=1S/C16H20N2O4S/c1-12-10-15(22-18-12)11-23(20,21)13(2)16(19)17-9-8-14-6-4-3-5-7-14/h3-7,10,13H,8-9,11H2,1-2H3,(H,17,19). The summed E-state index contributed by atoms with van der Waals surface area (Å²) in [5.41, 5.74) is 1.69. The van der Waals surface area contributed by atoms with Gasteiger partial charge in [0.25, 0.3) is 0 Å². The van der Waals surface area contributed by atoms with Crippen molar-refractivity contribution in [2.75, 3.05) is 6.54 Å². The zero-order valence-electron chi connectivity index (χ0n) is 13.2. The molecule has 2 rings (SSSR count). The average Bonchev–Trinajstić information content (AvgIpc) is 2.91. The van der Waals surface area contributed by atoms with Gasteiger partial charge in [-0.2, -0.15) is 0 Å². The molecular formula is C16H20N2O4S. The van der Waals surface area contributed by atoms with Gasteiger partial charge in [-0.1, -0.05) is 35.5 Å². The molecule has 0 bridgehead atoms. The number of hydrogen-bond acceptors (Lipinski definition) is 5. The molecule has 0 aliphatic heterocycles. The first-order chi connectivity index (χ1) is 10.9. The van der Waals surface area contributed by atoms with Crippen molar-refractivity contribution in [3.05, 3.63) is 53.4 Å². The Bertz CT molecular complexity index is 753. The van der Waals surface area contributed by atoms with Gasteiger partial charge < -0.3 is 9.84 Å². The van der Waals surface area contributed by atoms with E-state index in [0.29, 0.717) is 18.7 Å². The lowest BCUT2D eigenvalue weighted by Crippen LogP contribution is -2.39. The second-order valence-corrected chi connectivity index (χ2v) is 7.73. The van der Waals surface area contributed by atoms with Crippen LogP contribution in [0.2, 0.25) is 0 Å². The molecule has 0 saturated carbocycles. The van der Waals surface area contributed by atoms with Crippen LogP contribution >= 0.6 is 0 Å². The minimum absolute atomic E-state index is 0.242. The van der Waals surface area contributed by atoms with E-state index in [0.717, 1.165) is 5.56 Å². The Morgan fingerprint density at radius 3 is 2.61 bits per heavy atom. The van der Waals surface area contributed by atoms with Crippen molar-refractivity contribution in [3.63, 3.8) is 0 Å². The van der Waals surface area contributed by atoms with E-state index in [1.54, 1.807) is 13.0 Å². The van der Waals surface area contributed by atoms with E-state index in [1.165, 1.54) is 6.92 Å². The third-order valence-corrected chi connectivity index (χ3v) is 5.46. The Morgan fingerprint density at radius 1 is 1.30 bits per heavy atom. The molecule has 1 aromatic heterocycles. The first-order valence-electron chi connectivity index (χ1n) is 7.34. The second kappa shape index (κ2) is 7.41. The zero-order chi connectivity index (χ0) is 16.9. The summed E-state index contributed by atoms with van der Waals surface area (Å²) < 4.78 is 29.4. The van der Waals surface area contributed by atoms with Gasteiger partial charge in [-0.3, -0.25) is 4.79 Å². The van der Waals surface area contributed by atoms with Crippen LogP contribution in [-0.4, -0.2) is 31.3 Å². The van der Waals surface area contributed by atoms with E-state index < -0.39 is 21.0 Å². The molecule has 1 unspecified atom stereocenters. The fraction of sp³-hybridized carbons (Fsp3) is 0.375. The van der Waals surface area contributed by atoms with Gasteiger partial charge in [0.2, 0.25) is 5.91 Å². The molecule has 1 atom stereocenters. The maximum Gasteiger partial charge on any atom is 0.238 e. The van der Waals surface area contributed by atoms with E-state index in [4.69, 9.17) is 4.52 Å². The normalized spacial score (nSPS) is 12.8. The Morgan fingerprint density at radius 2 is 2.00 bits per heavy atom. The molecule has 0 aliphatic carbocycles. The number of nitrogens with zero attached hydrogens (tertiary/aromatic N) is 1. The first-order valence-corrected chi connectivity index (χ1v) is 9.05. The molecule has 1 N–H and O–H groups in total. The lowest BCUT2D eigenvalue weighted by atomic mass is 10.1. The molecule has 0 spiro atoms. The molecule has 0 radical (unpaired) electrons. The number of amides is 1. The molecule has 0 fully saturated rings. The Hall–Kier alpha value is -2.15. The predicted molar refractivity (Wildman–Crippen MR) is 86.5 cm³/mol. The van der Waals surface area contributed by atoms with Crippen molar-refractivity contribution >= 4 is 15.7 Å². The van der Waals surface area contributed by atoms with Gasteiger partial charge in [-0.25, -0.2) is 8.42 Å². The molecule has 1 aromatic carbocycles. The summed E-state index contributed by atoms with van der Waals surface area (Å²) in [5, 5.41) is 5.18. The molecule has 1 amide bonds. The Balaban J connectivity index is 1.88. The van der Waals surface area contributed by atoms with Crippen LogP contribution in [0, 0.1) is 6.92 Å². The summed E-state index contributed by atoms with van der Waals surface area (Å²) in [6, 6.07) is 11.2. The van der Waals surface area contributed by atoms with Crippen LogP contribution in [0.15, 0.2) is 40.9 Å². The molecule has 6 nitrogen and oxygen atoms in total. The van der Waals surface area contributed by atoms with Crippen LogP contribution in [-0.2, 0) is 26.8 Å². The third-order valence-electron chi connectivity index (χ3n) is 3.48. The zero-order valence-corrected chi connectivity index (χ0v) is 14.0. The molecule has 7 heteroatoms.